The van der Waals surface area contributed by atoms with Crippen LogP contribution in [0.2, 0.25) is 5.02 Å². The van der Waals surface area contributed by atoms with E-state index in [9.17, 15) is 4.79 Å². The zero-order valence-corrected chi connectivity index (χ0v) is 12.2. The van der Waals surface area contributed by atoms with Gasteiger partial charge in [-0.25, -0.2) is 0 Å². The van der Waals surface area contributed by atoms with E-state index in [0.29, 0.717) is 17.3 Å². The molecule has 22 heavy (non-hydrogen) atoms. The molecule has 0 unspecified atom stereocenters. The average Bonchev–Trinajstić information content (AvgIpc) is 3.04. The van der Waals surface area contributed by atoms with Crippen molar-refractivity contribution in [2.24, 2.45) is 0 Å². The summed E-state index contributed by atoms with van der Waals surface area (Å²) in [5.41, 5.74) is 2.01. The molecule has 0 saturated heterocycles. The van der Waals surface area contributed by atoms with E-state index in [1.807, 2.05) is 24.3 Å². The first-order valence-electron chi connectivity index (χ1n) is 6.62. The number of carbonyl (C=O) groups excluding carboxylic acids is 1. The summed E-state index contributed by atoms with van der Waals surface area (Å²) in [4.78, 5) is 16.0. The molecule has 110 valence electrons. The Morgan fingerprint density at radius 2 is 1.86 bits per heavy atom. The van der Waals surface area contributed by atoms with Crippen molar-refractivity contribution >= 4 is 17.5 Å². The number of benzene rings is 1. The van der Waals surface area contributed by atoms with Crippen LogP contribution in [0.15, 0.2) is 59.4 Å². The van der Waals surface area contributed by atoms with Crippen LogP contribution in [-0.2, 0) is 6.54 Å². The molecule has 0 radical (unpaired) electrons. The molecule has 1 amide bonds. The molecule has 3 aromatic rings. The Kier molecular flexibility index (Phi) is 4.16. The highest BCUT2D eigenvalue weighted by atomic mass is 35.5. The van der Waals surface area contributed by atoms with Gasteiger partial charge in [0.15, 0.2) is 11.5 Å². The van der Waals surface area contributed by atoms with Gasteiger partial charge in [-0.15, -0.1) is 0 Å². The van der Waals surface area contributed by atoms with Gasteiger partial charge in [-0.3, -0.25) is 9.78 Å². The van der Waals surface area contributed by atoms with E-state index in [1.165, 1.54) is 0 Å². The molecule has 1 N–H and O–H groups in total. The van der Waals surface area contributed by atoms with Crippen molar-refractivity contribution in [3.05, 3.63) is 71.1 Å². The summed E-state index contributed by atoms with van der Waals surface area (Å²) in [6, 6.07) is 12.4. The fourth-order valence-corrected chi connectivity index (χ4v) is 2.03. The van der Waals surface area contributed by atoms with Crippen LogP contribution in [-0.4, -0.2) is 16.0 Å². The third-order valence-electron chi connectivity index (χ3n) is 3.07. The quantitative estimate of drug-likeness (QED) is 0.802. The number of aromatic nitrogens is 2. The molecule has 0 saturated carbocycles. The Balaban J connectivity index is 1.68. The highest BCUT2D eigenvalue weighted by Gasteiger charge is 2.13. The zero-order chi connectivity index (χ0) is 15.4. The summed E-state index contributed by atoms with van der Waals surface area (Å²) >= 11 is 5.84. The number of halogens is 1. The van der Waals surface area contributed by atoms with Crippen molar-refractivity contribution in [3.63, 3.8) is 0 Å². The first kappa shape index (κ1) is 14.3. The van der Waals surface area contributed by atoms with Crippen molar-refractivity contribution in [2.45, 2.75) is 6.54 Å². The van der Waals surface area contributed by atoms with Crippen molar-refractivity contribution in [3.8, 4) is 11.3 Å². The van der Waals surface area contributed by atoms with E-state index >= 15 is 0 Å². The monoisotopic (exact) mass is 313 g/mol. The van der Waals surface area contributed by atoms with E-state index in [2.05, 4.69) is 15.5 Å². The number of amides is 1. The first-order valence-corrected chi connectivity index (χ1v) is 7.00. The maximum Gasteiger partial charge on any atom is 0.273 e. The van der Waals surface area contributed by atoms with E-state index in [-0.39, 0.29) is 11.6 Å². The second-order valence-corrected chi connectivity index (χ2v) is 5.06. The fraction of sp³-hybridized carbons (Fsp3) is 0.0625. The van der Waals surface area contributed by atoms with Crippen LogP contribution in [0.1, 0.15) is 16.1 Å². The second-order valence-electron chi connectivity index (χ2n) is 4.62. The number of hydrogen-bond donors (Lipinski definition) is 1. The number of carbonyl (C=O) groups is 1. The fourth-order valence-electron chi connectivity index (χ4n) is 1.91. The molecule has 3 rings (SSSR count). The number of nitrogens with one attached hydrogen (secondary N) is 1. The number of nitrogens with zero attached hydrogens (tertiary/aromatic N) is 2. The molecule has 0 aliphatic rings. The van der Waals surface area contributed by atoms with Gasteiger partial charge in [-0.2, -0.15) is 0 Å². The van der Waals surface area contributed by atoms with E-state index in [0.717, 1.165) is 11.1 Å². The van der Waals surface area contributed by atoms with Crippen LogP contribution in [0.3, 0.4) is 0 Å². The average molecular weight is 314 g/mol. The van der Waals surface area contributed by atoms with E-state index < -0.39 is 0 Å². The standard InChI is InChI=1S/C16H12ClN3O2/c17-13-3-1-12(2-4-13)15-9-14(20-22-15)16(21)19-10-11-5-7-18-8-6-11/h1-9H,10H2,(H,19,21). The molecular formula is C16H12ClN3O2. The lowest BCUT2D eigenvalue weighted by Crippen LogP contribution is -2.22. The highest BCUT2D eigenvalue weighted by Crippen LogP contribution is 2.22. The number of pyridine rings is 1. The van der Waals surface area contributed by atoms with Crippen LogP contribution >= 0.6 is 11.6 Å². The third-order valence-corrected chi connectivity index (χ3v) is 3.33. The molecule has 0 fully saturated rings. The van der Waals surface area contributed by atoms with Gasteiger partial charge in [0, 0.05) is 35.6 Å². The number of rotatable bonds is 4. The van der Waals surface area contributed by atoms with Crippen molar-refractivity contribution < 1.29 is 9.32 Å². The largest absolute Gasteiger partial charge is 0.355 e. The lowest BCUT2D eigenvalue weighted by atomic mass is 10.1. The molecule has 6 heteroatoms. The molecule has 0 bridgehead atoms. The molecule has 0 aliphatic carbocycles. The van der Waals surface area contributed by atoms with Crippen molar-refractivity contribution in [2.75, 3.05) is 0 Å². The van der Waals surface area contributed by atoms with Gasteiger partial charge < -0.3 is 9.84 Å². The Hall–Kier alpha value is -2.66. The van der Waals surface area contributed by atoms with Gasteiger partial charge in [0.1, 0.15) is 0 Å². The maximum atomic E-state index is 12.0. The van der Waals surface area contributed by atoms with Crippen molar-refractivity contribution in [1.29, 1.82) is 0 Å². The van der Waals surface area contributed by atoms with E-state index in [1.54, 1.807) is 30.6 Å². The molecule has 1 aromatic carbocycles. The SMILES string of the molecule is O=C(NCc1ccncc1)c1cc(-c2ccc(Cl)cc2)on1. The summed E-state index contributed by atoms with van der Waals surface area (Å²) in [6.07, 6.45) is 3.35. The topological polar surface area (TPSA) is 68.0 Å². The summed E-state index contributed by atoms with van der Waals surface area (Å²) in [7, 11) is 0. The number of hydrogen-bond acceptors (Lipinski definition) is 4. The maximum absolute atomic E-state index is 12.0. The van der Waals surface area contributed by atoms with Crippen LogP contribution in [0.25, 0.3) is 11.3 Å². The molecule has 0 spiro atoms. The van der Waals surface area contributed by atoms with Crippen LogP contribution in [0.5, 0.6) is 0 Å². The molecule has 2 aromatic heterocycles. The van der Waals surface area contributed by atoms with Gasteiger partial charge in [-0.05, 0) is 42.0 Å². The molecular weight excluding hydrogens is 302 g/mol. The van der Waals surface area contributed by atoms with Gasteiger partial charge >= 0.3 is 0 Å². The Morgan fingerprint density at radius 1 is 1.14 bits per heavy atom. The zero-order valence-electron chi connectivity index (χ0n) is 11.5. The predicted octanol–water partition coefficient (Wildman–Crippen LogP) is 3.32. The highest BCUT2D eigenvalue weighted by molar-refractivity contribution is 6.30. The predicted molar refractivity (Wildman–Crippen MR) is 82.4 cm³/mol. The van der Waals surface area contributed by atoms with Gasteiger partial charge in [0.25, 0.3) is 5.91 Å². The summed E-state index contributed by atoms with van der Waals surface area (Å²) in [5.74, 6) is 0.228. The Labute approximate surface area is 131 Å². The smallest absolute Gasteiger partial charge is 0.273 e. The Bertz CT molecular complexity index is 770. The molecule has 0 atom stereocenters. The van der Waals surface area contributed by atoms with Gasteiger partial charge in [-0.1, -0.05) is 16.8 Å². The summed E-state index contributed by atoms with van der Waals surface area (Å²) in [5, 5.41) is 7.21. The van der Waals surface area contributed by atoms with E-state index in [4.69, 9.17) is 16.1 Å². The molecule has 5 nitrogen and oxygen atoms in total. The summed E-state index contributed by atoms with van der Waals surface area (Å²) in [6.45, 7) is 0.407. The normalized spacial score (nSPS) is 10.4. The minimum atomic E-state index is -0.291. The van der Waals surface area contributed by atoms with Crippen LogP contribution < -0.4 is 5.32 Å². The molecule has 2 heterocycles. The lowest BCUT2D eigenvalue weighted by Gasteiger charge is -2.01. The first-order chi connectivity index (χ1) is 10.7. The lowest BCUT2D eigenvalue weighted by molar-refractivity contribution is 0.0942. The summed E-state index contributed by atoms with van der Waals surface area (Å²) < 4.78 is 5.20. The molecule has 0 aliphatic heterocycles. The van der Waals surface area contributed by atoms with Crippen LogP contribution in [0, 0.1) is 0 Å². The third kappa shape index (κ3) is 3.32. The minimum absolute atomic E-state index is 0.235. The second kappa shape index (κ2) is 6.41. The Morgan fingerprint density at radius 3 is 2.59 bits per heavy atom. The van der Waals surface area contributed by atoms with Crippen LogP contribution in [0.4, 0.5) is 0 Å². The minimum Gasteiger partial charge on any atom is -0.355 e. The van der Waals surface area contributed by atoms with Crippen molar-refractivity contribution in [1.82, 2.24) is 15.5 Å². The van der Waals surface area contributed by atoms with Gasteiger partial charge in [0.05, 0.1) is 0 Å². The van der Waals surface area contributed by atoms with Gasteiger partial charge in [0.2, 0.25) is 0 Å².